The Hall–Kier alpha value is -2.67. The van der Waals surface area contributed by atoms with Gasteiger partial charge in [-0.15, -0.1) is 10.2 Å². The van der Waals surface area contributed by atoms with Crippen LogP contribution in [0.3, 0.4) is 0 Å². The zero-order valence-corrected chi connectivity index (χ0v) is 13.1. The van der Waals surface area contributed by atoms with Gasteiger partial charge in [0.05, 0.1) is 17.6 Å². The molecule has 0 unspecified atom stereocenters. The highest BCUT2D eigenvalue weighted by Gasteiger charge is 2.10. The van der Waals surface area contributed by atoms with E-state index in [0.717, 1.165) is 11.3 Å². The van der Waals surface area contributed by atoms with E-state index in [4.69, 9.17) is 0 Å². The highest BCUT2D eigenvalue weighted by Crippen LogP contribution is 2.18. The summed E-state index contributed by atoms with van der Waals surface area (Å²) >= 11 is 1.34. The van der Waals surface area contributed by atoms with Crippen molar-refractivity contribution in [2.45, 2.75) is 11.7 Å². The average Bonchev–Trinajstić information content (AvgIpc) is 3.08. The van der Waals surface area contributed by atoms with E-state index in [1.807, 2.05) is 47.0 Å². The molecule has 0 saturated carbocycles. The van der Waals surface area contributed by atoms with Gasteiger partial charge in [0.2, 0.25) is 5.91 Å². The van der Waals surface area contributed by atoms with Crippen molar-refractivity contribution in [2.75, 3.05) is 5.75 Å². The van der Waals surface area contributed by atoms with Crippen molar-refractivity contribution in [3.8, 4) is 5.69 Å². The van der Waals surface area contributed by atoms with E-state index in [2.05, 4.69) is 20.5 Å². The lowest BCUT2D eigenvalue weighted by molar-refractivity contribution is -0.118. The van der Waals surface area contributed by atoms with E-state index in [-0.39, 0.29) is 11.7 Å². The van der Waals surface area contributed by atoms with Crippen molar-refractivity contribution in [1.29, 1.82) is 0 Å². The van der Waals surface area contributed by atoms with Gasteiger partial charge < -0.3 is 5.32 Å². The van der Waals surface area contributed by atoms with Crippen molar-refractivity contribution in [2.24, 2.45) is 0 Å². The quantitative estimate of drug-likeness (QED) is 0.702. The molecule has 0 aliphatic rings. The first-order valence-corrected chi connectivity index (χ1v) is 8.05. The second-order valence-corrected chi connectivity index (χ2v) is 5.69. The molecular formula is C16H15N5OS. The third-order valence-electron chi connectivity index (χ3n) is 3.11. The molecule has 3 aromatic rings. The van der Waals surface area contributed by atoms with Crippen molar-refractivity contribution >= 4 is 17.7 Å². The molecular weight excluding hydrogens is 310 g/mol. The van der Waals surface area contributed by atoms with Gasteiger partial charge in [-0.1, -0.05) is 42.1 Å². The molecule has 1 amide bonds. The lowest BCUT2D eigenvalue weighted by atomic mass is 10.2. The van der Waals surface area contributed by atoms with E-state index in [0.29, 0.717) is 11.7 Å². The molecule has 2 aromatic heterocycles. The third-order valence-corrected chi connectivity index (χ3v) is 4.05. The fourth-order valence-corrected chi connectivity index (χ4v) is 2.73. The minimum Gasteiger partial charge on any atom is -0.351 e. The number of hydrogen-bond donors (Lipinski definition) is 1. The maximum Gasteiger partial charge on any atom is 0.230 e. The van der Waals surface area contributed by atoms with Crippen molar-refractivity contribution < 1.29 is 4.79 Å². The van der Waals surface area contributed by atoms with Gasteiger partial charge in [-0.3, -0.25) is 14.3 Å². The summed E-state index contributed by atoms with van der Waals surface area (Å²) in [6.45, 7) is 0.523. The molecule has 0 atom stereocenters. The van der Waals surface area contributed by atoms with Crippen molar-refractivity contribution in [3.05, 3.63) is 66.7 Å². The Morgan fingerprint density at radius 1 is 1.17 bits per heavy atom. The number of amides is 1. The molecule has 1 aromatic carbocycles. The molecule has 0 fully saturated rings. The summed E-state index contributed by atoms with van der Waals surface area (Å²) in [5.41, 5.74) is 1.94. The average molecular weight is 325 g/mol. The van der Waals surface area contributed by atoms with E-state index < -0.39 is 0 Å². The number of thioether (sulfide) groups is 1. The smallest absolute Gasteiger partial charge is 0.230 e. The van der Waals surface area contributed by atoms with Gasteiger partial charge in [0, 0.05) is 12.7 Å². The summed E-state index contributed by atoms with van der Waals surface area (Å²) in [5, 5.41) is 11.5. The minimum atomic E-state index is -0.0420. The van der Waals surface area contributed by atoms with Gasteiger partial charge in [0.15, 0.2) is 5.16 Å². The first kappa shape index (κ1) is 15.2. The molecule has 3 rings (SSSR count). The first-order chi connectivity index (χ1) is 11.3. The monoisotopic (exact) mass is 325 g/mol. The highest BCUT2D eigenvalue weighted by atomic mass is 32.2. The fraction of sp³-hybridized carbons (Fsp3) is 0.125. The number of aromatic nitrogens is 4. The predicted molar refractivity (Wildman–Crippen MR) is 88.2 cm³/mol. The van der Waals surface area contributed by atoms with Crippen molar-refractivity contribution in [3.63, 3.8) is 0 Å². The van der Waals surface area contributed by atoms with E-state index in [9.17, 15) is 4.79 Å². The third kappa shape index (κ3) is 4.17. The maximum atomic E-state index is 12.0. The lowest BCUT2D eigenvalue weighted by Crippen LogP contribution is -2.24. The molecule has 0 bridgehead atoms. The van der Waals surface area contributed by atoms with Gasteiger partial charge in [0.25, 0.3) is 0 Å². The largest absolute Gasteiger partial charge is 0.351 e. The van der Waals surface area contributed by atoms with Crippen molar-refractivity contribution in [1.82, 2.24) is 25.1 Å². The maximum absolute atomic E-state index is 12.0. The standard InChI is InChI=1S/C16H15N5OS/c22-15(18-9-13-5-2-1-3-6-13)11-23-16-20-19-12-21(16)14-7-4-8-17-10-14/h1-8,10,12H,9,11H2,(H,18,22). The molecule has 0 aliphatic heterocycles. The van der Waals surface area contributed by atoms with Crippen LogP contribution in [0, 0.1) is 0 Å². The Bertz CT molecular complexity index is 760. The minimum absolute atomic E-state index is 0.0420. The fourth-order valence-electron chi connectivity index (χ4n) is 1.97. The first-order valence-electron chi connectivity index (χ1n) is 7.07. The van der Waals surface area contributed by atoms with Crippen LogP contribution in [0.1, 0.15) is 5.56 Å². The van der Waals surface area contributed by atoms with Crippen LogP contribution in [0.15, 0.2) is 66.3 Å². The van der Waals surface area contributed by atoms with E-state index >= 15 is 0 Å². The molecule has 0 saturated heterocycles. The molecule has 7 heteroatoms. The Kier molecular flexibility index (Phi) is 5.00. The SMILES string of the molecule is O=C(CSc1nncn1-c1cccnc1)NCc1ccccc1. The van der Waals surface area contributed by atoms with Crippen LogP contribution in [0.2, 0.25) is 0 Å². The Morgan fingerprint density at radius 3 is 2.83 bits per heavy atom. The normalized spacial score (nSPS) is 10.4. The highest BCUT2D eigenvalue weighted by molar-refractivity contribution is 7.99. The number of pyridine rings is 1. The van der Waals surface area contributed by atoms with Crippen LogP contribution < -0.4 is 5.32 Å². The summed E-state index contributed by atoms with van der Waals surface area (Å²) in [4.78, 5) is 16.0. The molecule has 2 heterocycles. The van der Waals surface area contributed by atoms with Gasteiger partial charge in [-0.2, -0.15) is 0 Å². The molecule has 116 valence electrons. The molecule has 0 radical (unpaired) electrons. The Balaban J connectivity index is 1.55. The van der Waals surface area contributed by atoms with E-state index in [1.54, 1.807) is 18.7 Å². The van der Waals surface area contributed by atoms with Crippen LogP contribution in [-0.2, 0) is 11.3 Å². The summed E-state index contributed by atoms with van der Waals surface area (Å²) in [7, 11) is 0. The summed E-state index contributed by atoms with van der Waals surface area (Å²) in [6, 6.07) is 13.6. The second kappa shape index (κ2) is 7.55. The number of rotatable bonds is 6. The summed E-state index contributed by atoms with van der Waals surface area (Å²) in [5.74, 6) is 0.241. The molecule has 0 spiro atoms. The topological polar surface area (TPSA) is 72.7 Å². The zero-order valence-electron chi connectivity index (χ0n) is 12.3. The predicted octanol–water partition coefficient (Wildman–Crippen LogP) is 2.07. The number of carbonyl (C=O) groups excluding carboxylic acids is 1. The number of benzene rings is 1. The van der Waals surface area contributed by atoms with Gasteiger partial charge in [-0.25, -0.2) is 0 Å². The second-order valence-electron chi connectivity index (χ2n) is 4.75. The van der Waals surface area contributed by atoms with Crippen LogP contribution in [0.4, 0.5) is 0 Å². The molecule has 1 N–H and O–H groups in total. The van der Waals surface area contributed by atoms with Gasteiger partial charge >= 0.3 is 0 Å². The van der Waals surface area contributed by atoms with Gasteiger partial charge in [0.1, 0.15) is 6.33 Å². The number of nitrogens with zero attached hydrogens (tertiary/aromatic N) is 4. The lowest BCUT2D eigenvalue weighted by Gasteiger charge is -2.06. The Morgan fingerprint density at radius 2 is 2.04 bits per heavy atom. The van der Waals surface area contributed by atoms with Gasteiger partial charge in [-0.05, 0) is 17.7 Å². The van der Waals surface area contributed by atoms with Crippen LogP contribution in [0.25, 0.3) is 5.69 Å². The Labute approximate surface area is 138 Å². The summed E-state index contributed by atoms with van der Waals surface area (Å²) in [6.07, 6.45) is 5.04. The van der Waals surface area contributed by atoms with E-state index in [1.165, 1.54) is 11.8 Å². The molecule has 0 aliphatic carbocycles. The number of nitrogens with one attached hydrogen (secondary N) is 1. The molecule has 6 nitrogen and oxygen atoms in total. The summed E-state index contributed by atoms with van der Waals surface area (Å²) < 4.78 is 1.81. The number of hydrogen-bond acceptors (Lipinski definition) is 5. The van der Waals surface area contributed by atoms with Crippen LogP contribution >= 0.6 is 11.8 Å². The molecule has 23 heavy (non-hydrogen) atoms. The number of carbonyl (C=O) groups is 1. The zero-order chi connectivity index (χ0) is 15.9. The van der Waals surface area contributed by atoms with Crippen LogP contribution in [0.5, 0.6) is 0 Å². The van der Waals surface area contributed by atoms with Crippen LogP contribution in [-0.4, -0.2) is 31.4 Å².